The van der Waals surface area contributed by atoms with Gasteiger partial charge < -0.3 is 9.84 Å². The number of aryl methyl sites for hydroxylation is 4. The molecular weight excluding hydrogens is 294 g/mol. The molecule has 3 heterocycles. The molecule has 0 aromatic carbocycles. The average Bonchev–Trinajstić information content (AvgIpc) is 3.07. The van der Waals surface area contributed by atoms with Crippen molar-refractivity contribution < 1.29 is 9.32 Å². The molecule has 1 amide bonds. The summed E-state index contributed by atoms with van der Waals surface area (Å²) in [6.07, 6.45) is 1.71. The fourth-order valence-corrected chi connectivity index (χ4v) is 2.53. The van der Waals surface area contributed by atoms with Gasteiger partial charge in [0.05, 0.1) is 17.1 Å². The van der Waals surface area contributed by atoms with Crippen molar-refractivity contribution >= 4 is 22.6 Å². The van der Waals surface area contributed by atoms with Crippen LogP contribution in [-0.2, 0) is 13.5 Å². The molecule has 0 aliphatic carbocycles. The van der Waals surface area contributed by atoms with E-state index < -0.39 is 0 Å². The first-order valence-electron chi connectivity index (χ1n) is 7.57. The Morgan fingerprint density at radius 1 is 1.30 bits per heavy atom. The number of nitrogens with zero attached hydrogens (tertiary/aromatic N) is 4. The summed E-state index contributed by atoms with van der Waals surface area (Å²) in [6.45, 7) is 5.81. The number of carbonyl (C=O) groups is 1. The summed E-state index contributed by atoms with van der Waals surface area (Å²) in [4.78, 5) is 16.8. The van der Waals surface area contributed by atoms with E-state index in [1.807, 2.05) is 33.9 Å². The minimum Gasteiger partial charge on any atom is -0.361 e. The van der Waals surface area contributed by atoms with Crippen molar-refractivity contribution in [3.8, 4) is 0 Å². The first-order chi connectivity index (χ1) is 11.0. The van der Waals surface area contributed by atoms with Crippen molar-refractivity contribution in [1.82, 2.24) is 19.9 Å². The van der Waals surface area contributed by atoms with Gasteiger partial charge in [-0.2, -0.15) is 5.10 Å². The molecule has 0 aliphatic rings. The van der Waals surface area contributed by atoms with Crippen LogP contribution in [0.25, 0.3) is 11.0 Å². The predicted molar refractivity (Wildman–Crippen MR) is 86.4 cm³/mol. The molecule has 7 heteroatoms. The molecule has 0 unspecified atom stereocenters. The van der Waals surface area contributed by atoms with Gasteiger partial charge >= 0.3 is 0 Å². The average molecular weight is 313 g/mol. The predicted octanol–water partition coefficient (Wildman–Crippen LogP) is 2.78. The van der Waals surface area contributed by atoms with Crippen molar-refractivity contribution in [3.63, 3.8) is 0 Å². The fourth-order valence-electron chi connectivity index (χ4n) is 2.53. The van der Waals surface area contributed by atoms with E-state index in [1.165, 1.54) is 0 Å². The SMILES string of the molecule is CCCc1cc(C(=O)Nc2cc3c(C)nn(C)c3nc2C)no1. The summed E-state index contributed by atoms with van der Waals surface area (Å²) in [7, 11) is 1.85. The zero-order valence-corrected chi connectivity index (χ0v) is 13.7. The molecule has 0 saturated heterocycles. The van der Waals surface area contributed by atoms with Gasteiger partial charge in [-0.15, -0.1) is 0 Å². The molecule has 0 fully saturated rings. The Labute approximate surface area is 133 Å². The molecule has 23 heavy (non-hydrogen) atoms. The van der Waals surface area contributed by atoms with Crippen LogP contribution in [0.3, 0.4) is 0 Å². The van der Waals surface area contributed by atoms with Crippen LogP contribution in [0.1, 0.15) is 41.0 Å². The molecule has 0 radical (unpaired) electrons. The van der Waals surface area contributed by atoms with Crippen LogP contribution >= 0.6 is 0 Å². The Kier molecular flexibility index (Phi) is 3.85. The van der Waals surface area contributed by atoms with Gasteiger partial charge in [0.1, 0.15) is 5.76 Å². The van der Waals surface area contributed by atoms with Crippen LogP contribution in [-0.4, -0.2) is 25.8 Å². The maximum Gasteiger partial charge on any atom is 0.277 e. The third-order valence-electron chi connectivity index (χ3n) is 3.73. The van der Waals surface area contributed by atoms with E-state index in [4.69, 9.17) is 4.52 Å². The number of anilines is 1. The summed E-state index contributed by atoms with van der Waals surface area (Å²) >= 11 is 0. The maximum absolute atomic E-state index is 12.3. The summed E-state index contributed by atoms with van der Waals surface area (Å²) in [5.41, 5.74) is 3.32. The van der Waals surface area contributed by atoms with Crippen molar-refractivity contribution in [2.24, 2.45) is 7.05 Å². The molecule has 0 saturated carbocycles. The second-order valence-corrected chi connectivity index (χ2v) is 5.58. The highest BCUT2D eigenvalue weighted by Gasteiger charge is 2.16. The van der Waals surface area contributed by atoms with Crippen LogP contribution in [0.4, 0.5) is 5.69 Å². The van der Waals surface area contributed by atoms with Crippen molar-refractivity contribution in [2.45, 2.75) is 33.6 Å². The Morgan fingerprint density at radius 2 is 2.09 bits per heavy atom. The number of pyridine rings is 1. The number of hydrogen-bond donors (Lipinski definition) is 1. The van der Waals surface area contributed by atoms with Gasteiger partial charge in [0.2, 0.25) is 0 Å². The Bertz CT molecular complexity index is 878. The molecule has 120 valence electrons. The van der Waals surface area contributed by atoms with Gasteiger partial charge in [0.25, 0.3) is 5.91 Å². The molecule has 1 N–H and O–H groups in total. The number of hydrogen-bond acceptors (Lipinski definition) is 5. The number of rotatable bonds is 4. The molecule has 0 aliphatic heterocycles. The Morgan fingerprint density at radius 3 is 2.83 bits per heavy atom. The van der Waals surface area contributed by atoms with Crippen molar-refractivity contribution in [2.75, 3.05) is 5.32 Å². The van der Waals surface area contributed by atoms with E-state index in [-0.39, 0.29) is 11.6 Å². The van der Waals surface area contributed by atoms with Gasteiger partial charge in [0.15, 0.2) is 11.3 Å². The fraction of sp³-hybridized carbons (Fsp3) is 0.375. The normalized spacial score (nSPS) is 11.1. The van der Waals surface area contributed by atoms with Crippen LogP contribution in [0.15, 0.2) is 16.7 Å². The van der Waals surface area contributed by atoms with Crippen LogP contribution in [0.2, 0.25) is 0 Å². The number of nitrogens with one attached hydrogen (secondary N) is 1. The monoisotopic (exact) mass is 313 g/mol. The number of fused-ring (bicyclic) bond motifs is 1. The van der Waals surface area contributed by atoms with Gasteiger partial charge in [-0.05, 0) is 26.3 Å². The summed E-state index contributed by atoms with van der Waals surface area (Å²) < 4.78 is 6.88. The van der Waals surface area contributed by atoms with Crippen LogP contribution in [0.5, 0.6) is 0 Å². The smallest absolute Gasteiger partial charge is 0.277 e. The van der Waals surface area contributed by atoms with Crippen molar-refractivity contribution in [3.05, 3.63) is 35.0 Å². The molecule has 0 atom stereocenters. The minimum atomic E-state index is -0.304. The lowest BCUT2D eigenvalue weighted by atomic mass is 10.2. The van der Waals surface area contributed by atoms with Crippen LogP contribution in [0, 0.1) is 13.8 Å². The lowest BCUT2D eigenvalue weighted by molar-refractivity contribution is 0.101. The second-order valence-electron chi connectivity index (χ2n) is 5.58. The summed E-state index contributed by atoms with van der Waals surface area (Å²) in [5.74, 6) is 0.410. The number of carbonyl (C=O) groups excluding carboxylic acids is 1. The summed E-state index contributed by atoms with van der Waals surface area (Å²) in [5, 5.41) is 11.9. The van der Waals surface area contributed by atoms with E-state index in [1.54, 1.807) is 10.7 Å². The van der Waals surface area contributed by atoms with Gasteiger partial charge in [-0.3, -0.25) is 9.48 Å². The second kappa shape index (κ2) is 5.83. The minimum absolute atomic E-state index is 0.274. The highest BCUT2D eigenvalue weighted by Crippen LogP contribution is 2.23. The highest BCUT2D eigenvalue weighted by atomic mass is 16.5. The third-order valence-corrected chi connectivity index (χ3v) is 3.73. The molecule has 3 aromatic heterocycles. The van der Waals surface area contributed by atoms with Gasteiger partial charge in [-0.1, -0.05) is 12.1 Å². The molecular formula is C16H19N5O2. The topological polar surface area (TPSA) is 85.8 Å². The first kappa shape index (κ1) is 15.2. The third kappa shape index (κ3) is 2.81. The molecule has 3 aromatic rings. The number of amides is 1. The zero-order valence-electron chi connectivity index (χ0n) is 13.7. The largest absolute Gasteiger partial charge is 0.361 e. The van der Waals surface area contributed by atoms with E-state index in [2.05, 4.69) is 20.6 Å². The lowest BCUT2D eigenvalue weighted by Crippen LogP contribution is -2.13. The highest BCUT2D eigenvalue weighted by molar-refractivity contribution is 6.04. The molecule has 0 spiro atoms. The lowest BCUT2D eigenvalue weighted by Gasteiger charge is -2.07. The van der Waals surface area contributed by atoms with Gasteiger partial charge in [-0.25, -0.2) is 4.98 Å². The maximum atomic E-state index is 12.3. The first-order valence-corrected chi connectivity index (χ1v) is 7.57. The van der Waals surface area contributed by atoms with Gasteiger partial charge in [0, 0.05) is 24.9 Å². The molecule has 3 rings (SSSR count). The quantitative estimate of drug-likeness (QED) is 0.800. The van der Waals surface area contributed by atoms with E-state index in [0.29, 0.717) is 11.4 Å². The van der Waals surface area contributed by atoms with E-state index in [0.717, 1.165) is 35.3 Å². The van der Waals surface area contributed by atoms with Crippen LogP contribution < -0.4 is 5.32 Å². The van der Waals surface area contributed by atoms with Crippen molar-refractivity contribution in [1.29, 1.82) is 0 Å². The number of aromatic nitrogens is 4. The molecule has 0 bridgehead atoms. The van der Waals surface area contributed by atoms with E-state index in [9.17, 15) is 4.79 Å². The zero-order chi connectivity index (χ0) is 16.6. The molecule has 7 nitrogen and oxygen atoms in total. The Balaban J connectivity index is 1.89. The van der Waals surface area contributed by atoms with E-state index >= 15 is 0 Å². The standard InChI is InChI=1S/C16H19N5O2/c1-5-6-11-7-14(20-23-11)16(22)18-13-8-12-9(2)19-21(4)15(12)17-10(13)3/h7-8H,5-6H2,1-4H3,(H,18,22). The summed E-state index contributed by atoms with van der Waals surface area (Å²) in [6, 6.07) is 3.57. The Hall–Kier alpha value is -2.70.